The fraction of sp³-hybridized carbons (Fsp3) is 0.350. The number of hydrogen-bond acceptors (Lipinski definition) is 5. The molecule has 0 spiro atoms. The minimum absolute atomic E-state index is 0.0719. The van der Waals surface area contributed by atoms with Crippen molar-refractivity contribution in [3.8, 4) is 11.5 Å². The van der Waals surface area contributed by atoms with Gasteiger partial charge in [0.2, 0.25) is 0 Å². The molecular weight excluding hydrogens is 380 g/mol. The molecule has 152 valence electrons. The third-order valence-electron chi connectivity index (χ3n) is 3.85. The van der Waals surface area contributed by atoms with Crippen molar-refractivity contribution in [3.05, 3.63) is 48.5 Å². The van der Waals surface area contributed by atoms with Gasteiger partial charge in [-0.15, -0.1) is 0 Å². The fourth-order valence-corrected chi connectivity index (χ4v) is 3.41. The van der Waals surface area contributed by atoms with Crippen LogP contribution in [0.4, 0.5) is 5.69 Å². The maximum Gasteiger partial charge on any atom is 0.262 e. The summed E-state index contributed by atoms with van der Waals surface area (Å²) in [6.45, 7) is 6.22. The maximum atomic E-state index is 12.6. The van der Waals surface area contributed by atoms with E-state index in [1.165, 1.54) is 31.4 Å². The third kappa shape index (κ3) is 5.88. The van der Waals surface area contributed by atoms with Crippen molar-refractivity contribution >= 4 is 21.6 Å². The van der Waals surface area contributed by atoms with Crippen LogP contribution < -0.4 is 19.5 Å². The van der Waals surface area contributed by atoms with Gasteiger partial charge in [0, 0.05) is 6.54 Å². The van der Waals surface area contributed by atoms with Gasteiger partial charge in [-0.1, -0.05) is 26.0 Å². The number of carbonyl (C=O) groups is 1. The lowest BCUT2D eigenvalue weighted by atomic mass is 10.2. The number of amides is 1. The van der Waals surface area contributed by atoms with Gasteiger partial charge in [0.05, 0.1) is 17.7 Å². The first-order chi connectivity index (χ1) is 13.2. The smallest absolute Gasteiger partial charge is 0.262 e. The van der Waals surface area contributed by atoms with E-state index in [1.54, 1.807) is 31.2 Å². The molecule has 0 bridgehead atoms. The number of anilines is 1. The summed E-state index contributed by atoms with van der Waals surface area (Å²) in [6.07, 6.45) is -0.687. The molecular formula is C20H26N2O5S. The van der Waals surface area contributed by atoms with Crippen LogP contribution in [0.2, 0.25) is 0 Å². The average molecular weight is 407 g/mol. The summed E-state index contributed by atoms with van der Waals surface area (Å²) in [6, 6.07) is 12.6. The predicted molar refractivity (Wildman–Crippen MR) is 108 cm³/mol. The highest BCUT2D eigenvalue weighted by molar-refractivity contribution is 7.92. The predicted octanol–water partition coefficient (Wildman–Crippen LogP) is 3.04. The van der Waals surface area contributed by atoms with Crippen LogP contribution >= 0.6 is 0 Å². The highest BCUT2D eigenvalue weighted by atomic mass is 32.2. The molecule has 0 aromatic heterocycles. The van der Waals surface area contributed by atoms with Gasteiger partial charge < -0.3 is 14.8 Å². The van der Waals surface area contributed by atoms with Crippen LogP contribution in [0.1, 0.15) is 20.8 Å². The molecule has 0 radical (unpaired) electrons. The summed E-state index contributed by atoms with van der Waals surface area (Å²) in [4.78, 5) is 12.1. The van der Waals surface area contributed by atoms with Gasteiger partial charge in [-0.2, -0.15) is 0 Å². The molecule has 2 aromatic carbocycles. The van der Waals surface area contributed by atoms with Gasteiger partial charge in [-0.25, -0.2) is 8.42 Å². The van der Waals surface area contributed by atoms with E-state index in [9.17, 15) is 13.2 Å². The largest absolute Gasteiger partial charge is 0.495 e. The van der Waals surface area contributed by atoms with Gasteiger partial charge in [0.25, 0.3) is 15.9 Å². The Morgan fingerprint density at radius 1 is 1.04 bits per heavy atom. The number of carbonyl (C=O) groups excluding carboxylic acids is 1. The first-order valence-electron chi connectivity index (χ1n) is 8.93. The summed E-state index contributed by atoms with van der Waals surface area (Å²) in [5.41, 5.74) is 0.348. The number of ether oxygens (including phenoxy) is 2. The number of benzene rings is 2. The molecule has 0 saturated heterocycles. The summed E-state index contributed by atoms with van der Waals surface area (Å²) in [5.74, 6) is 0.954. The van der Waals surface area contributed by atoms with Crippen molar-refractivity contribution < 1.29 is 22.7 Å². The SMILES string of the molecule is COc1ccccc1NS(=O)(=O)c1ccc(O[C@@H](C)C(=O)NCC(C)C)cc1. The van der Waals surface area contributed by atoms with Crippen LogP contribution in [0.15, 0.2) is 53.4 Å². The summed E-state index contributed by atoms with van der Waals surface area (Å²) in [5, 5.41) is 2.79. The first-order valence-corrected chi connectivity index (χ1v) is 10.4. The summed E-state index contributed by atoms with van der Waals surface area (Å²) < 4.78 is 38.4. The van der Waals surface area contributed by atoms with E-state index in [0.29, 0.717) is 29.6 Å². The number of sulfonamides is 1. The van der Waals surface area contributed by atoms with Crippen molar-refractivity contribution in [3.63, 3.8) is 0 Å². The molecule has 0 aliphatic heterocycles. The van der Waals surface area contributed by atoms with E-state index >= 15 is 0 Å². The molecule has 1 atom stereocenters. The number of rotatable bonds is 9. The number of para-hydroxylation sites is 2. The van der Waals surface area contributed by atoms with Crippen molar-refractivity contribution in [2.45, 2.75) is 31.8 Å². The van der Waals surface area contributed by atoms with E-state index in [1.807, 2.05) is 13.8 Å². The zero-order valence-electron chi connectivity index (χ0n) is 16.4. The Labute approximate surface area is 166 Å². The van der Waals surface area contributed by atoms with Crippen LogP contribution in [0.25, 0.3) is 0 Å². The van der Waals surface area contributed by atoms with Crippen molar-refractivity contribution in [2.75, 3.05) is 18.4 Å². The molecule has 0 fully saturated rings. The minimum atomic E-state index is -3.79. The molecule has 7 nitrogen and oxygen atoms in total. The lowest BCUT2D eigenvalue weighted by molar-refractivity contribution is -0.127. The van der Waals surface area contributed by atoms with Crippen molar-refractivity contribution in [1.29, 1.82) is 0 Å². The Hall–Kier alpha value is -2.74. The molecule has 1 amide bonds. The van der Waals surface area contributed by atoms with Crippen LogP contribution in [0.3, 0.4) is 0 Å². The second-order valence-corrected chi connectivity index (χ2v) is 8.36. The van der Waals surface area contributed by atoms with Crippen LogP contribution in [-0.2, 0) is 14.8 Å². The zero-order valence-corrected chi connectivity index (χ0v) is 17.2. The Balaban J connectivity index is 2.05. The maximum absolute atomic E-state index is 12.6. The van der Waals surface area contributed by atoms with Crippen LogP contribution in [-0.4, -0.2) is 34.1 Å². The highest BCUT2D eigenvalue weighted by Crippen LogP contribution is 2.26. The number of hydrogen-bond donors (Lipinski definition) is 2. The molecule has 2 rings (SSSR count). The van der Waals surface area contributed by atoms with Crippen LogP contribution in [0, 0.1) is 5.92 Å². The van der Waals surface area contributed by atoms with Crippen molar-refractivity contribution in [2.24, 2.45) is 5.92 Å². The molecule has 28 heavy (non-hydrogen) atoms. The fourth-order valence-electron chi connectivity index (χ4n) is 2.34. The van der Waals surface area contributed by atoms with E-state index in [-0.39, 0.29) is 10.8 Å². The quantitative estimate of drug-likeness (QED) is 0.668. The second-order valence-electron chi connectivity index (χ2n) is 6.68. The molecule has 0 aliphatic carbocycles. The third-order valence-corrected chi connectivity index (χ3v) is 5.23. The lowest BCUT2D eigenvalue weighted by Gasteiger charge is -2.16. The van der Waals surface area contributed by atoms with E-state index in [4.69, 9.17) is 9.47 Å². The first kappa shape index (κ1) is 21.6. The molecule has 2 N–H and O–H groups in total. The lowest BCUT2D eigenvalue weighted by Crippen LogP contribution is -2.38. The molecule has 0 aliphatic rings. The highest BCUT2D eigenvalue weighted by Gasteiger charge is 2.18. The van der Waals surface area contributed by atoms with Crippen molar-refractivity contribution in [1.82, 2.24) is 5.32 Å². The number of nitrogens with one attached hydrogen (secondary N) is 2. The van der Waals surface area contributed by atoms with E-state index in [0.717, 1.165) is 0 Å². The Morgan fingerprint density at radius 3 is 2.29 bits per heavy atom. The monoisotopic (exact) mass is 406 g/mol. The average Bonchev–Trinajstić information content (AvgIpc) is 2.66. The normalized spacial score (nSPS) is 12.3. The van der Waals surface area contributed by atoms with Gasteiger partial charge in [-0.05, 0) is 49.2 Å². The van der Waals surface area contributed by atoms with Crippen LogP contribution in [0.5, 0.6) is 11.5 Å². The molecule has 8 heteroatoms. The Morgan fingerprint density at radius 2 is 1.68 bits per heavy atom. The Kier molecular flexibility index (Phi) is 7.28. The number of methoxy groups -OCH3 is 1. The topological polar surface area (TPSA) is 93.7 Å². The van der Waals surface area contributed by atoms with E-state index < -0.39 is 16.1 Å². The minimum Gasteiger partial charge on any atom is -0.495 e. The van der Waals surface area contributed by atoms with Gasteiger partial charge >= 0.3 is 0 Å². The van der Waals surface area contributed by atoms with E-state index in [2.05, 4.69) is 10.0 Å². The zero-order chi connectivity index (χ0) is 20.7. The Bertz CT molecular complexity index is 895. The summed E-state index contributed by atoms with van der Waals surface area (Å²) >= 11 is 0. The standard InChI is InChI=1S/C20H26N2O5S/c1-14(2)13-21-20(23)15(3)27-16-9-11-17(12-10-16)28(24,25)22-18-7-5-6-8-19(18)26-4/h5-12,14-15,22H,13H2,1-4H3,(H,21,23)/t15-/m0/s1. The molecule has 0 unspecified atom stereocenters. The van der Waals surface area contributed by atoms with Gasteiger partial charge in [0.15, 0.2) is 6.10 Å². The van der Waals surface area contributed by atoms with Gasteiger partial charge in [0.1, 0.15) is 11.5 Å². The molecule has 0 saturated carbocycles. The summed E-state index contributed by atoms with van der Waals surface area (Å²) in [7, 11) is -2.32. The molecule has 2 aromatic rings. The second kappa shape index (κ2) is 9.45. The molecule has 0 heterocycles. The van der Waals surface area contributed by atoms with Gasteiger partial charge in [-0.3, -0.25) is 9.52 Å².